The fourth-order valence-corrected chi connectivity index (χ4v) is 5.32. The number of hydrogen-bond acceptors (Lipinski definition) is 4. The van der Waals surface area contributed by atoms with Gasteiger partial charge in [0.25, 0.3) is 5.91 Å². The summed E-state index contributed by atoms with van der Waals surface area (Å²) in [4.78, 5) is 14.6. The maximum Gasteiger partial charge on any atom is 0.253 e. The van der Waals surface area contributed by atoms with Crippen molar-refractivity contribution >= 4 is 15.7 Å². The minimum absolute atomic E-state index is 0.0401. The Bertz CT molecular complexity index is 656. The van der Waals surface area contributed by atoms with Gasteiger partial charge in [0, 0.05) is 24.7 Å². The summed E-state index contributed by atoms with van der Waals surface area (Å²) in [6, 6.07) is 6.61. The Kier molecular flexibility index (Phi) is 4.73. The summed E-state index contributed by atoms with van der Waals surface area (Å²) in [6.45, 7) is 1.34. The summed E-state index contributed by atoms with van der Waals surface area (Å²) in [5.41, 5.74) is 6.41. The Labute approximate surface area is 137 Å². The van der Waals surface area contributed by atoms with Crippen LogP contribution in [0.4, 0.5) is 0 Å². The van der Waals surface area contributed by atoms with Gasteiger partial charge in [-0.25, -0.2) is 8.42 Å². The van der Waals surface area contributed by atoms with Gasteiger partial charge in [-0.15, -0.1) is 0 Å². The van der Waals surface area contributed by atoms with Crippen LogP contribution < -0.4 is 5.73 Å². The molecule has 6 heteroatoms. The van der Waals surface area contributed by atoms with Gasteiger partial charge in [0.05, 0.1) is 10.1 Å². The van der Waals surface area contributed by atoms with Crippen molar-refractivity contribution in [3.05, 3.63) is 29.8 Å². The molecule has 0 bridgehead atoms. The molecule has 0 aromatic heterocycles. The number of carbonyl (C=O) groups excluding carboxylic acids is 1. The highest BCUT2D eigenvalue weighted by molar-refractivity contribution is 7.92. The number of piperidine rings is 1. The average Bonchev–Trinajstić information content (AvgIpc) is 3.10. The lowest BCUT2D eigenvalue weighted by Crippen LogP contribution is -2.42. The zero-order valence-corrected chi connectivity index (χ0v) is 14.1. The van der Waals surface area contributed by atoms with E-state index in [2.05, 4.69) is 0 Å². The fourth-order valence-electron chi connectivity index (χ4n) is 3.46. The van der Waals surface area contributed by atoms with Crippen molar-refractivity contribution in [2.75, 3.05) is 13.1 Å². The molecule has 3 rings (SSSR count). The van der Waals surface area contributed by atoms with Crippen LogP contribution in [-0.4, -0.2) is 43.6 Å². The number of carbonyl (C=O) groups is 1. The van der Waals surface area contributed by atoms with E-state index in [1.54, 1.807) is 29.2 Å². The lowest BCUT2D eigenvalue weighted by Gasteiger charge is -2.30. The van der Waals surface area contributed by atoms with Gasteiger partial charge in [0.15, 0.2) is 9.84 Å². The molecule has 5 nitrogen and oxygen atoms in total. The molecule has 0 atom stereocenters. The molecular formula is C17H24N2O3S. The molecule has 2 fully saturated rings. The molecule has 1 aromatic carbocycles. The average molecular weight is 336 g/mol. The predicted octanol–water partition coefficient (Wildman–Crippen LogP) is 1.97. The molecule has 1 aromatic rings. The molecule has 1 saturated heterocycles. The summed E-state index contributed by atoms with van der Waals surface area (Å²) in [5.74, 6) is -0.0401. The Morgan fingerprint density at radius 1 is 1.00 bits per heavy atom. The minimum Gasteiger partial charge on any atom is -0.339 e. The van der Waals surface area contributed by atoms with Crippen LogP contribution >= 0.6 is 0 Å². The molecule has 0 radical (unpaired) electrons. The monoisotopic (exact) mass is 336 g/mol. The van der Waals surface area contributed by atoms with E-state index >= 15 is 0 Å². The molecule has 2 N–H and O–H groups in total. The number of amides is 1. The van der Waals surface area contributed by atoms with Gasteiger partial charge in [-0.1, -0.05) is 12.8 Å². The van der Waals surface area contributed by atoms with Gasteiger partial charge in [-0.2, -0.15) is 0 Å². The SMILES string of the molecule is NC1CCN(C(=O)c2ccc(S(=O)(=O)C3CCCC3)cc2)CC1. The molecule has 2 aliphatic rings. The third-order valence-corrected chi connectivity index (χ3v) is 7.28. The summed E-state index contributed by atoms with van der Waals surface area (Å²) in [7, 11) is -3.25. The van der Waals surface area contributed by atoms with Gasteiger partial charge < -0.3 is 10.6 Å². The Morgan fingerprint density at radius 3 is 2.13 bits per heavy atom. The van der Waals surface area contributed by atoms with Crippen LogP contribution in [0.25, 0.3) is 0 Å². The van der Waals surface area contributed by atoms with E-state index in [0.29, 0.717) is 23.5 Å². The first kappa shape index (κ1) is 16.5. The standard InChI is InChI=1S/C17H24N2O3S/c18-14-9-11-19(12-10-14)17(20)13-5-7-16(8-6-13)23(21,22)15-3-1-2-4-15/h5-8,14-15H,1-4,9-12,18H2. The fraction of sp³-hybridized carbons (Fsp3) is 0.588. The van der Waals surface area contributed by atoms with Crippen LogP contribution in [0.15, 0.2) is 29.2 Å². The molecule has 23 heavy (non-hydrogen) atoms. The van der Waals surface area contributed by atoms with Gasteiger partial charge in [0.1, 0.15) is 0 Å². The maximum atomic E-state index is 12.5. The molecule has 1 amide bonds. The zero-order chi connectivity index (χ0) is 16.4. The van der Waals surface area contributed by atoms with Crippen LogP contribution in [0.3, 0.4) is 0 Å². The van der Waals surface area contributed by atoms with Crippen molar-refractivity contribution in [2.24, 2.45) is 5.73 Å². The zero-order valence-electron chi connectivity index (χ0n) is 13.3. The maximum absolute atomic E-state index is 12.5. The molecule has 0 spiro atoms. The highest BCUT2D eigenvalue weighted by Gasteiger charge is 2.30. The number of rotatable bonds is 3. The van der Waals surface area contributed by atoms with E-state index in [9.17, 15) is 13.2 Å². The van der Waals surface area contributed by atoms with Crippen LogP contribution in [0.5, 0.6) is 0 Å². The van der Waals surface area contributed by atoms with Gasteiger partial charge >= 0.3 is 0 Å². The van der Waals surface area contributed by atoms with Crippen molar-refractivity contribution < 1.29 is 13.2 Å². The van der Waals surface area contributed by atoms with Crippen LogP contribution in [0.1, 0.15) is 48.9 Å². The largest absolute Gasteiger partial charge is 0.339 e. The second-order valence-corrected chi connectivity index (χ2v) is 8.83. The lowest BCUT2D eigenvalue weighted by molar-refractivity contribution is 0.0714. The van der Waals surface area contributed by atoms with E-state index in [0.717, 1.165) is 38.5 Å². The van der Waals surface area contributed by atoms with E-state index in [1.807, 2.05) is 0 Å². The predicted molar refractivity (Wildman–Crippen MR) is 89.0 cm³/mol. The van der Waals surface area contributed by atoms with Crippen LogP contribution in [0, 0.1) is 0 Å². The Morgan fingerprint density at radius 2 is 1.57 bits per heavy atom. The molecule has 0 unspecified atom stereocenters. The second-order valence-electron chi connectivity index (χ2n) is 6.61. The molecule has 1 saturated carbocycles. The Hall–Kier alpha value is -1.40. The highest BCUT2D eigenvalue weighted by atomic mass is 32.2. The summed E-state index contributed by atoms with van der Waals surface area (Å²) < 4.78 is 25.1. The summed E-state index contributed by atoms with van der Waals surface area (Å²) in [5, 5.41) is -0.257. The van der Waals surface area contributed by atoms with Crippen molar-refractivity contribution in [1.82, 2.24) is 4.90 Å². The first-order valence-corrected chi connectivity index (χ1v) is 9.92. The first-order chi connectivity index (χ1) is 11.0. The Balaban J connectivity index is 1.73. The van der Waals surface area contributed by atoms with Gasteiger partial charge in [-0.05, 0) is 49.9 Å². The molecular weight excluding hydrogens is 312 g/mol. The van der Waals surface area contributed by atoms with E-state index in [-0.39, 0.29) is 17.2 Å². The number of hydrogen-bond donors (Lipinski definition) is 1. The quantitative estimate of drug-likeness (QED) is 0.915. The number of nitrogens with zero attached hydrogens (tertiary/aromatic N) is 1. The third-order valence-electron chi connectivity index (χ3n) is 5.00. The number of nitrogens with two attached hydrogens (primary N) is 1. The normalized spacial score (nSPS) is 20.8. The summed E-state index contributed by atoms with van der Waals surface area (Å²) in [6.07, 6.45) is 5.10. The summed E-state index contributed by atoms with van der Waals surface area (Å²) >= 11 is 0. The third kappa shape index (κ3) is 3.43. The van der Waals surface area contributed by atoms with E-state index in [1.165, 1.54) is 0 Å². The van der Waals surface area contributed by atoms with Gasteiger partial charge in [0.2, 0.25) is 0 Å². The highest BCUT2D eigenvalue weighted by Crippen LogP contribution is 2.29. The number of benzene rings is 1. The molecule has 1 heterocycles. The second kappa shape index (κ2) is 6.61. The molecule has 126 valence electrons. The van der Waals surface area contributed by atoms with Crippen molar-refractivity contribution in [1.29, 1.82) is 0 Å². The van der Waals surface area contributed by atoms with Crippen LogP contribution in [-0.2, 0) is 9.84 Å². The van der Waals surface area contributed by atoms with Crippen molar-refractivity contribution in [3.8, 4) is 0 Å². The molecule has 1 aliphatic heterocycles. The van der Waals surface area contributed by atoms with Crippen molar-refractivity contribution in [2.45, 2.75) is 54.7 Å². The smallest absolute Gasteiger partial charge is 0.253 e. The number of likely N-dealkylation sites (tertiary alicyclic amines) is 1. The first-order valence-electron chi connectivity index (χ1n) is 8.37. The lowest BCUT2D eigenvalue weighted by atomic mass is 10.1. The number of sulfone groups is 1. The molecule has 1 aliphatic carbocycles. The van der Waals surface area contributed by atoms with Crippen molar-refractivity contribution in [3.63, 3.8) is 0 Å². The van der Waals surface area contributed by atoms with Crippen LogP contribution in [0.2, 0.25) is 0 Å². The van der Waals surface area contributed by atoms with E-state index < -0.39 is 9.84 Å². The topological polar surface area (TPSA) is 80.5 Å². The minimum atomic E-state index is -3.25. The van der Waals surface area contributed by atoms with E-state index in [4.69, 9.17) is 5.73 Å². The van der Waals surface area contributed by atoms with Gasteiger partial charge in [-0.3, -0.25) is 4.79 Å².